The Bertz CT molecular complexity index is 492. The monoisotopic (exact) mass is 246 g/mol. The number of rotatable bonds is 0. The highest BCUT2D eigenvalue weighted by Gasteiger charge is 2.75. The quantitative estimate of drug-likeness (QED) is 0.615. The van der Waals surface area contributed by atoms with Gasteiger partial charge in [0.2, 0.25) is 0 Å². The van der Waals surface area contributed by atoms with Crippen LogP contribution in [-0.2, 0) is 14.3 Å². The van der Waals surface area contributed by atoms with E-state index >= 15 is 0 Å². The van der Waals surface area contributed by atoms with Crippen molar-refractivity contribution in [2.75, 3.05) is 0 Å². The minimum atomic E-state index is -0.0534. The third kappa shape index (κ3) is 1.07. The molecular weight excluding hydrogens is 228 g/mol. The molecule has 0 bridgehead atoms. The maximum atomic E-state index is 12.5. The Labute approximate surface area is 107 Å². The summed E-state index contributed by atoms with van der Waals surface area (Å²) in [6, 6.07) is 0. The summed E-state index contributed by atoms with van der Waals surface area (Å²) in [5.41, 5.74) is 0.993. The second kappa shape index (κ2) is 3.06. The lowest BCUT2D eigenvalue weighted by Crippen LogP contribution is -2.33. The number of ketones is 1. The average Bonchev–Trinajstić information content (AvgIpc) is 2.79. The van der Waals surface area contributed by atoms with Crippen molar-refractivity contribution in [3.63, 3.8) is 0 Å². The first-order chi connectivity index (χ1) is 8.54. The molecule has 4 aliphatic rings. The van der Waals surface area contributed by atoms with Crippen LogP contribution >= 0.6 is 0 Å². The van der Waals surface area contributed by atoms with Crippen LogP contribution in [0.4, 0.5) is 0 Å². The van der Waals surface area contributed by atoms with Crippen molar-refractivity contribution in [3.05, 3.63) is 11.6 Å². The molecule has 0 aromatic rings. The zero-order valence-corrected chi connectivity index (χ0v) is 10.8. The minimum Gasteiger partial charge on any atom is -0.461 e. The summed E-state index contributed by atoms with van der Waals surface area (Å²) >= 11 is 0. The molecule has 2 saturated carbocycles. The van der Waals surface area contributed by atoms with Crippen LogP contribution in [0.15, 0.2) is 11.6 Å². The Morgan fingerprint density at radius 1 is 1.39 bits per heavy atom. The van der Waals surface area contributed by atoms with E-state index in [9.17, 15) is 9.59 Å². The number of hydrogen-bond donors (Lipinski definition) is 0. The van der Waals surface area contributed by atoms with Gasteiger partial charge in [0.25, 0.3) is 0 Å². The predicted molar refractivity (Wildman–Crippen MR) is 64.6 cm³/mol. The van der Waals surface area contributed by atoms with Crippen LogP contribution in [0.1, 0.15) is 33.1 Å². The van der Waals surface area contributed by atoms with Gasteiger partial charge in [0.1, 0.15) is 6.10 Å². The molecule has 3 heteroatoms. The molecule has 18 heavy (non-hydrogen) atoms. The smallest absolute Gasteiger partial charge is 0.309 e. The van der Waals surface area contributed by atoms with Gasteiger partial charge in [-0.15, -0.1) is 0 Å². The SMILES string of the molecule is C/C1=C/CC[C@@H]2C(=O)O[C@H]3[C@@H]2[C@H](C1=O)[C@@H]1C[C@@]13C. The summed E-state index contributed by atoms with van der Waals surface area (Å²) in [6.07, 6.45) is 4.76. The number of carbonyl (C=O) groups excluding carboxylic acids is 2. The first kappa shape index (κ1) is 10.8. The molecule has 0 amide bonds. The molecule has 96 valence electrons. The Morgan fingerprint density at radius 3 is 2.94 bits per heavy atom. The van der Waals surface area contributed by atoms with Crippen LogP contribution in [0, 0.1) is 29.1 Å². The lowest BCUT2D eigenvalue weighted by molar-refractivity contribution is -0.146. The number of allylic oxidation sites excluding steroid dienone is 2. The first-order valence-electron chi connectivity index (χ1n) is 6.95. The second-order valence-electron chi connectivity index (χ2n) is 6.71. The maximum absolute atomic E-state index is 12.5. The predicted octanol–water partition coefficient (Wildman–Crippen LogP) is 2.11. The van der Waals surface area contributed by atoms with E-state index in [4.69, 9.17) is 4.74 Å². The van der Waals surface area contributed by atoms with Crippen molar-refractivity contribution in [2.45, 2.75) is 39.2 Å². The highest BCUT2D eigenvalue weighted by atomic mass is 16.6. The van der Waals surface area contributed by atoms with Gasteiger partial charge in [-0.3, -0.25) is 9.59 Å². The number of carbonyl (C=O) groups is 2. The Morgan fingerprint density at radius 2 is 2.17 bits per heavy atom. The van der Waals surface area contributed by atoms with Crippen molar-refractivity contribution >= 4 is 11.8 Å². The van der Waals surface area contributed by atoms with E-state index in [2.05, 4.69) is 6.92 Å². The molecule has 3 fully saturated rings. The lowest BCUT2D eigenvalue weighted by atomic mass is 9.74. The zero-order chi connectivity index (χ0) is 12.7. The minimum absolute atomic E-state index is 0.0137. The molecule has 3 aliphatic carbocycles. The van der Waals surface area contributed by atoms with Gasteiger partial charge >= 0.3 is 5.97 Å². The molecule has 1 aliphatic heterocycles. The van der Waals surface area contributed by atoms with Crippen LogP contribution in [0.3, 0.4) is 0 Å². The summed E-state index contributed by atoms with van der Waals surface area (Å²) in [5, 5.41) is 0. The number of esters is 1. The molecule has 0 aromatic carbocycles. The summed E-state index contributed by atoms with van der Waals surface area (Å²) < 4.78 is 5.64. The van der Waals surface area contributed by atoms with E-state index < -0.39 is 0 Å². The van der Waals surface area contributed by atoms with E-state index in [1.807, 2.05) is 13.0 Å². The van der Waals surface area contributed by atoms with Gasteiger partial charge in [0, 0.05) is 17.3 Å². The van der Waals surface area contributed by atoms with Gasteiger partial charge in [-0.2, -0.15) is 0 Å². The van der Waals surface area contributed by atoms with Crippen LogP contribution < -0.4 is 0 Å². The molecule has 0 N–H and O–H groups in total. The van der Waals surface area contributed by atoms with Crippen molar-refractivity contribution in [3.8, 4) is 0 Å². The molecule has 3 nitrogen and oxygen atoms in total. The molecular formula is C15H18O3. The summed E-state index contributed by atoms with van der Waals surface area (Å²) in [7, 11) is 0. The van der Waals surface area contributed by atoms with Crippen molar-refractivity contribution in [2.24, 2.45) is 29.1 Å². The van der Waals surface area contributed by atoms with Crippen LogP contribution in [0.5, 0.6) is 0 Å². The van der Waals surface area contributed by atoms with Gasteiger partial charge < -0.3 is 4.74 Å². The molecule has 4 rings (SSSR count). The fourth-order valence-corrected chi connectivity index (χ4v) is 4.73. The first-order valence-corrected chi connectivity index (χ1v) is 6.95. The van der Waals surface area contributed by atoms with Gasteiger partial charge in [-0.25, -0.2) is 0 Å². The van der Waals surface area contributed by atoms with Crippen molar-refractivity contribution < 1.29 is 14.3 Å². The largest absolute Gasteiger partial charge is 0.461 e. The molecule has 0 radical (unpaired) electrons. The summed E-state index contributed by atoms with van der Waals surface area (Å²) in [4.78, 5) is 24.6. The van der Waals surface area contributed by atoms with Gasteiger partial charge in [0.15, 0.2) is 5.78 Å². The lowest BCUT2D eigenvalue weighted by Gasteiger charge is -2.26. The topological polar surface area (TPSA) is 43.4 Å². The van der Waals surface area contributed by atoms with E-state index in [0.29, 0.717) is 5.92 Å². The Balaban J connectivity index is 1.82. The van der Waals surface area contributed by atoms with Crippen LogP contribution in [0.2, 0.25) is 0 Å². The maximum Gasteiger partial charge on any atom is 0.309 e. The summed E-state index contributed by atoms with van der Waals surface area (Å²) in [5.74, 6) is 0.863. The third-order valence-corrected chi connectivity index (χ3v) is 5.82. The number of fused-ring (bicyclic) bond motifs is 3. The highest BCUT2D eigenvalue weighted by molar-refractivity contribution is 5.98. The molecule has 0 aromatic heterocycles. The molecule has 0 spiro atoms. The standard InChI is InChI=1S/C15H18O3/c1-7-4-3-5-8-10-11(12(7)16)9-6-15(9,2)13(10)18-14(8)17/h4,8-11,13H,3,5-6H2,1-2H3/b7-4-/t8-,9-,10-,11+,13-,15-/m0/s1. The summed E-state index contributed by atoms with van der Waals surface area (Å²) in [6.45, 7) is 4.11. The van der Waals surface area contributed by atoms with E-state index in [-0.39, 0.29) is 41.0 Å². The van der Waals surface area contributed by atoms with E-state index in [1.54, 1.807) is 0 Å². The molecule has 0 unspecified atom stereocenters. The second-order valence-corrected chi connectivity index (χ2v) is 6.71. The van der Waals surface area contributed by atoms with E-state index in [0.717, 1.165) is 24.8 Å². The van der Waals surface area contributed by atoms with Gasteiger partial charge in [-0.05, 0) is 37.7 Å². The Kier molecular flexibility index (Phi) is 1.83. The van der Waals surface area contributed by atoms with Crippen molar-refractivity contribution in [1.29, 1.82) is 0 Å². The fraction of sp³-hybridized carbons (Fsp3) is 0.733. The Hall–Kier alpha value is -1.12. The average molecular weight is 246 g/mol. The molecule has 1 saturated heterocycles. The highest BCUT2D eigenvalue weighted by Crippen LogP contribution is 2.72. The fourth-order valence-electron chi connectivity index (χ4n) is 4.73. The zero-order valence-electron chi connectivity index (χ0n) is 10.8. The van der Waals surface area contributed by atoms with E-state index in [1.165, 1.54) is 0 Å². The van der Waals surface area contributed by atoms with Gasteiger partial charge in [0.05, 0.1) is 5.92 Å². The normalized spacial score (nSPS) is 55.9. The van der Waals surface area contributed by atoms with Crippen LogP contribution in [-0.4, -0.2) is 17.9 Å². The van der Waals surface area contributed by atoms with Crippen molar-refractivity contribution in [1.82, 2.24) is 0 Å². The number of Topliss-reactive ketones (excluding diaryl/α,β-unsaturated/α-hetero) is 1. The molecule has 1 heterocycles. The number of hydrogen-bond acceptors (Lipinski definition) is 3. The molecule has 6 atom stereocenters. The number of ether oxygens (including phenoxy) is 1. The third-order valence-electron chi connectivity index (χ3n) is 5.82. The van der Waals surface area contributed by atoms with Gasteiger partial charge in [-0.1, -0.05) is 13.0 Å². The van der Waals surface area contributed by atoms with Crippen LogP contribution in [0.25, 0.3) is 0 Å².